The fourth-order valence-corrected chi connectivity index (χ4v) is 4.06. The number of para-hydroxylation sites is 2. The number of carboxylic acid groups (broad SMARTS) is 2. The molecule has 208 valence electrons. The molecule has 4 aromatic carbocycles. The molecule has 0 atom stereocenters. The van der Waals surface area contributed by atoms with Crippen LogP contribution in [0.2, 0.25) is 0 Å². The van der Waals surface area contributed by atoms with Crippen LogP contribution in [0, 0.1) is 0 Å². The van der Waals surface area contributed by atoms with Crippen molar-refractivity contribution in [3.63, 3.8) is 0 Å². The van der Waals surface area contributed by atoms with Crippen LogP contribution in [-0.2, 0) is 22.7 Å². The van der Waals surface area contributed by atoms with E-state index in [0.29, 0.717) is 12.2 Å². The molecule has 40 heavy (non-hydrogen) atoms. The number of hydrogen-bond acceptors (Lipinski definition) is 4. The Hall–Kier alpha value is -4.52. The van der Waals surface area contributed by atoms with Gasteiger partial charge in [0.05, 0.1) is 40.1 Å². The van der Waals surface area contributed by atoms with Crippen molar-refractivity contribution in [3.05, 3.63) is 145 Å². The summed E-state index contributed by atoms with van der Waals surface area (Å²) >= 11 is 0. The third-order valence-electron chi connectivity index (χ3n) is 6.11. The molecule has 4 aromatic rings. The Kier molecular flexibility index (Phi) is 12.5. The van der Waals surface area contributed by atoms with E-state index >= 15 is 0 Å². The smallest absolute Gasteiger partial charge is 0.132 e. The molecule has 0 saturated carbocycles. The highest BCUT2D eigenvalue weighted by molar-refractivity contribution is 5.87. The SMILES string of the molecule is C[N+](C)(Cc1ccccc1)c1ccccc1.C[N+](C)(Cc1ccccc1)c1ccccc1.O=C([O-])/C=C\C(=O)[O-]. The Labute approximate surface area is 237 Å². The Balaban J connectivity index is 0.000000224. The fraction of sp³-hybridized carbons (Fsp3) is 0.176. The van der Waals surface area contributed by atoms with Gasteiger partial charge in [0.2, 0.25) is 0 Å². The minimum atomic E-state index is -1.55. The van der Waals surface area contributed by atoms with Crippen molar-refractivity contribution >= 4 is 23.3 Å². The molecule has 6 heteroatoms. The number of nitrogens with zero attached hydrogens (tertiary/aromatic N) is 2. The van der Waals surface area contributed by atoms with Crippen molar-refractivity contribution in [2.45, 2.75) is 13.1 Å². The molecule has 0 saturated heterocycles. The molecule has 0 bridgehead atoms. The van der Waals surface area contributed by atoms with Crippen molar-refractivity contribution in [1.29, 1.82) is 0 Å². The quantitative estimate of drug-likeness (QED) is 0.251. The molecule has 0 aliphatic rings. The number of benzene rings is 4. The summed E-state index contributed by atoms with van der Waals surface area (Å²) in [4.78, 5) is 18.8. The maximum Gasteiger partial charge on any atom is 0.132 e. The molecule has 0 aromatic heterocycles. The van der Waals surface area contributed by atoms with E-state index in [1.807, 2.05) is 0 Å². The summed E-state index contributed by atoms with van der Waals surface area (Å²) < 4.78 is 1.76. The predicted octanol–water partition coefficient (Wildman–Crippen LogP) is 3.95. The minimum absolute atomic E-state index is 0.384. The third kappa shape index (κ3) is 11.9. The highest BCUT2D eigenvalue weighted by atomic mass is 16.4. The standard InChI is InChI=1S/2C15H18N.C4H4O4/c2*1-16(2,15-11-7-4-8-12-15)13-14-9-5-3-6-10-14;5-3(6)1-2-4(7)8/h2*3-12H,13H2,1-2H3;1-2H,(H,5,6)(H,7,8)/q2*+1;/p-2/b;;2-1-. The van der Waals surface area contributed by atoms with Gasteiger partial charge in [-0.1, -0.05) is 97.1 Å². The zero-order chi connectivity index (χ0) is 29.4. The van der Waals surface area contributed by atoms with Crippen LogP contribution in [0.1, 0.15) is 11.1 Å². The molecule has 6 nitrogen and oxygen atoms in total. The lowest BCUT2D eigenvalue weighted by Gasteiger charge is -2.29. The van der Waals surface area contributed by atoms with E-state index in [9.17, 15) is 19.8 Å². The average Bonchev–Trinajstić information content (AvgIpc) is 2.94. The normalized spacial score (nSPS) is 11.0. The summed E-state index contributed by atoms with van der Waals surface area (Å²) in [6.45, 7) is 2.04. The van der Waals surface area contributed by atoms with Crippen LogP contribution in [0.4, 0.5) is 11.4 Å². The number of quaternary nitrogens is 2. The van der Waals surface area contributed by atoms with E-state index in [1.165, 1.54) is 22.5 Å². The lowest BCUT2D eigenvalue weighted by molar-refractivity contribution is -0.301. The van der Waals surface area contributed by atoms with Crippen molar-refractivity contribution in [2.75, 3.05) is 28.2 Å². The molecule has 0 spiro atoms. The largest absolute Gasteiger partial charge is 0.545 e. The van der Waals surface area contributed by atoms with Crippen LogP contribution in [0.15, 0.2) is 133 Å². The van der Waals surface area contributed by atoms with Gasteiger partial charge in [-0.15, -0.1) is 0 Å². The topological polar surface area (TPSA) is 80.3 Å². The molecule has 0 unspecified atom stereocenters. The number of carboxylic acids is 2. The minimum Gasteiger partial charge on any atom is -0.545 e. The van der Waals surface area contributed by atoms with Gasteiger partial charge in [0, 0.05) is 11.1 Å². The van der Waals surface area contributed by atoms with Crippen LogP contribution in [0.3, 0.4) is 0 Å². The zero-order valence-corrected chi connectivity index (χ0v) is 23.6. The summed E-state index contributed by atoms with van der Waals surface area (Å²) in [6, 6.07) is 42.5. The lowest BCUT2D eigenvalue weighted by atomic mass is 10.2. The van der Waals surface area contributed by atoms with Gasteiger partial charge >= 0.3 is 0 Å². The number of carbonyl (C=O) groups is 2. The van der Waals surface area contributed by atoms with E-state index in [1.54, 1.807) is 0 Å². The Morgan fingerprint density at radius 2 is 0.750 bits per heavy atom. The third-order valence-corrected chi connectivity index (χ3v) is 6.11. The molecular weight excluding hydrogens is 500 g/mol. The summed E-state index contributed by atoms with van der Waals surface area (Å²) in [6.07, 6.45) is 0.769. The molecule has 4 rings (SSSR count). The Morgan fingerprint density at radius 3 is 1.00 bits per heavy atom. The van der Waals surface area contributed by atoms with Crippen molar-refractivity contribution < 1.29 is 19.8 Å². The van der Waals surface area contributed by atoms with Gasteiger partial charge in [0.1, 0.15) is 24.5 Å². The second-order valence-electron chi connectivity index (χ2n) is 10.3. The lowest BCUT2D eigenvalue weighted by Crippen LogP contribution is -2.39. The van der Waals surface area contributed by atoms with Gasteiger partial charge in [-0.3, -0.25) is 8.97 Å². The second-order valence-corrected chi connectivity index (χ2v) is 10.3. The van der Waals surface area contributed by atoms with Crippen LogP contribution in [0.5, 0.6) is 0 Å². The van der Waals surface area contributed by atoms with E-state index < -0.39 is 11.9 Å². The summed E-state index contributed by atoms with van der Waals surface area (Å²) in [5.74, 6) is -3.09. The first kappa shape index (κ1) is 31.7. The molecule has 0 heterocycles. The second kappa shape index (κ2) is 15.8. The maximum absolute atomic E-state index is 9.41. The monoisotopic (exact) mass is 538 g/mol. The van der Waals surface area contributed by atoms with Gasteiger partial charge in [0.15, 0.2) is 0 Å². The first-order valence-electron chi connectivity index (χ1n) is 12.9. The first-order chi connectivity index (χ1) is 19.0. The van der Waals surface area contributed by atoms with Crippen molar-refractivity contribution in [3.8, 4) is 0 Å². The van der Waals surface area contributed by atoms with Crippen LogP contribution in [0.25, 0.3) is 0 Å². The number of aliphatic carboxylic acids is 2. The van der Waals surface area contributed by atoms with Crippen LogP contribution >= 0.6 is 0 Å². The van der Waals surface area contributed by atoms with Gasteiger partial charge < -0.3 is 19.8 Å². The van der Waals surface area contributed by atoms with E-state index in [4.69, 9.17) is 0 Å². The Morgan fingerprint density at radius 1 is 0.500 bits per heavy atom. The molecule has 0 aliphatic heterocycles. The van der Waals surface area contributed by atoms with Gasteiger partial charge in [-0.05, 0) is 36.4 Å². The molecule has 0 fully saturated rings. The molecular formula is C34H38N2O4. The van der Waals surface area contributed by atoms with Gasteiger partial charge in [-0.2, -0.15) is 0 Å². The molecule has 0 aliphatic carbocycles. The van der Waals surface area contributed by atoms with Gasteiger partial charge in [-0.25, -0.2) is 0 Å². The molecule has 0 N–H and O–H groups in total. The van der Waals surface area contributed by atoms with Crippen LogP contribution in [-0.4, -0.2) is 40.1 Å². The van der Waals surface area contributed by atoms with Crippen molar-refractivity contribution in [1.82, 2.24) is 8.97 Å². The summed E-state index contributed by atoms with van der Waals surface area (Å²) in [7, 11) is 8.95. The highest BCUT2D eigenvalue weighted by Gasteiger charge is 2.19. The molecule has 0 amide bonds. The van der Waals surface area contributed by atoms with Crippen LogP contribution < -0.4 is 19.2 Å². The van der Waals surface area contributed by atoms with Crippen molar-refractivity contribution in [2.24, 2.45) is 0 Å². The van der Waals surface area contributed by atoms with E-state index in [2.05, 4.69) is 150 Å². The molecule has 0 radical (unpaired) electrons. The fourth-order valence-electron chi connectivity index (χ4n) is 4.06. The van der Waals surface area contributed by atoms with E-state index in [0.717, 1.165) is 22.1 Å². The van der Waals surface area contributed by atoms with Gasteiger partial charge in [0.25, 0.3) is 0 Å². The average molecular weight is 539 g/mol. The number of rotatable bonds is 8. The highest BCUT2D eigenvalue weighted by Crippen LogP contribution is 2.22. The maximum atomic E-state index is 9.41. The first-order valence-corrected chi connectivity index (χ1v) is 12.9. The predicted molar refractivity (Wildman–Crippen MR) is 160 cm³/mol. The summed E-state index contributed by atoms with van der Waals surface area (Å²) in [5, 5.41) is 18.8. The number of carbonyl (C=O) groups excluding carboxylic acids is 2. The zero-order valence-electron chi connectivity index (χ0n) is 23.6. The Bertz CT molecular complexity index is 1220. The van der Waals surface area contributed by atoms with E-state index in [-0.39, 0.29) is 0 Å². The number of hydrogen-bond donors (Lipinski definition) is 0. The summed E-state index contributed by atoms with van der Waals surface area (Å²) in [5.41, 5.74) is 5.42.